The van der Waals surface area contributed by atoms with Crippen LogP contribution in [-0.4, -0.2) is 55.1 Å². The Morgan fingerprint density at radius 1 is 1.45 bits per heavy atom. The summed E-state index contributed by atoms with van der Waals surface area (Å²) in [5.74, 6) is 1.81. The topological polar surface area (TPSA) is 31.4 Å². The minimum Gasteiger partial charge on any atom is -0.370 e. The first-order valence-electron chi connectivity index (χ1n) is 7.74. The molecule has 1 saturated heterocycles. The van der Waals surface area contributed by atoms with Gasteiger partial charge in [-0.15, -0.1) is 0 Å². The van der Waals surface area contributed by atoms with Gasteiger partial charge < -0.3 is 15.1 Å². The predicted octanol–water partition coefficient (Wildman–Crippen LogP) is 2.29. The van der Waals surface area contributed by atoms with Crippen molar-refractivity contribution in [3.05, 3.63) is 23.9 Å². The molecular weight excluding hydrogens is 248 g/mol. The molecule has 0 bridgehead atoms. The average Bonchev–Trinajstić information content (AvgIpc) is 2.82. The van der Waals surface area contributed by atoms with E-state index in [1.165, 1.54) is 26.1 Å². The average molecular weight is 276 g/mol. The highest BCUT2D eigenvalue weighted by Crippen LogP contribution is 2.16. The highest BCUT2D eigenvalue weighted by atomic mass is 15.2. The fourth-order valence-corrected chi connectivity index (χ4v) is 2.88. The van der Waals surface area contributed by atoms with Crippen molar-refractivity contribution >= 4 is 5.82 Å². The zero-order chi connectivity index (χ0) is 14.4. The highest BCUT2D eigenvalue weighted by Gasteiger charge is 2.20. The van der Waals surface area contributed by atoms with Crippen LogP contribution in [0.4, 0.5) is 5.82 Å². The zero-order valence-electron chi connectivity index (χ0n) is 13.1. The second-order valence-electron chi connectivity index (χ2n) is 6.05. The quantitative estimate of drug-likeness (QED) is 0.828. The molecule has 1 unspecified atom stereocenters. The minimum absolute atomic E-state index is 0.811. The van der Waals surface area contributed by atoms with Gasteiger partial charge in [0.15, 0.2) is 0 Å². The van der Waals surface area contributed by atoms with E-state index in [1.807, 2.05) is 6.07 Å². The van der Waals surface area contributed by atoms with E-state index >= 15 is 0 Å². The first kappa shape index (κ1) is 15.3. The van der Waals surface area contributed by atoms with Gasteiger partial charge in [0.25, 0.3) is 0 Å². The Bertz CT molecular complexity index is 407. The van der Waals surface area contributed by atoms with E-state index in [-0.39, 0.29) is 0 Å². The maximum absolute atomic E-state index is 4.68. The molecule has 1 N–H and O–H groups in total. The van der Waals surface area contributed by atoms with Crippen LogP contribution in [-0.2, 0) is 6.54 Å². The van der Waals surface area contributed by atoms with Gasteiger partial charge in [0.05, 0.1) is 5.69 Å². The molecule has 1 aliphatic rings. The maximum Gasteiger partial charge on any atom is 0.126 e. The lowest BCUT2D eigenvalue weighted by Crippen LogP contribution is -2.27. The van der Waals surface area contributed by atoms with Crippen molar-refractivity contribution in [3.63, 3.8) is 0 Å². The first-order valence-corrected chi connectivity index (χ1v) is 7.74. The molecule has 4 heteroatoms. The first-order chi connectivity index (χ1) is 9.67. The fraction of sp³-hybridized carbons (Fsp3) is 0.688. The third-order valence-corrected chi connectivity index (χ3v) is 3.85. The van der Waals surface area contributed by atoms with Gasteiger partial charge in [0.2, 0.25) is 0 Å². The SMILES string of the molecule is CCCNc1cccc(CN(C)CC2CCN(C)C2)n1. The number of likely N-dealkylation sites (tertiary alicyclic amines) is 1. The summed E-state index contributed by atoms with van der Waals surface area (Å²) in [5, 5.41) is 3.35. The molecule has 1 fully saturated rings. The summed E-state index contributed by atoms with van der Waals surface area (Å²) in [7, 11) is 4.41. The van der Waals surface area contributed by atoms with E-state index in [0.29, 0.717) is 0 Å². The van der Waals surface area contributed by atoms with Gasteiger partial charge in [-0.1, -0.05) is 13.0 Å². The number of hydrogen-bond acceptors (Lipinski definition) is 4. The number of rotatable bonds is 7. The lowest BCUT2D eigenvalue weighted by atomic mass is 10.1. The van der Waals surface area contributed by atoms with Crippen molar-refractivity contribution in [2.75, 3.05) is 45.6 Å². The third kappa shape index (κ3) is 4.76. The lowest BCUT2D eigenvalue weighted by Gasteiger charge is -2.20. The molecule has 0 radical (unpaired) electrons. The van der Waals surface area contributed by atoms with Crippen molar-refractivity contribution in [3.8, 4) is 0 Å². The monoisotopic (exact) mass is 276 g/mol. The molecule has 20 heavy (non-hydrogen) atoms. The van der Waals surface area contributed by atoms with Gasteiger partial charge in [-0.2, -0.15) is 0 Å². The normalized spacial score (nSPS) is 19.7. The van der Waals surface area contributed by atoms with Crippen LogP contribution in [0.5, 0.6) is 0 Å². The number of nitrogens with zero attached hydrogens (tertiary/aromatic N) is 3. The van der Waals surface area contributed by atoms with Crippen LogP contribution in [0.15, 0.2) is 18.2 Å². The van der Waals surface area contributed by atoms with Crippen LogP contribution >= 0.6 is 0 Å². The van der Waals surface area contributed by atoms with Crippen molar-refractivity contribution in [2.24, 2.45) is 5.92 Å². The second kappa shape index (κ2) is 7.60. The molecule has 0 spiro atoms. The number of anilines is 1. The van der Waals surface area contributed by atoms with Crippen LogP contribution in [0.1, 0.15) is 25.5 Å². The summed E-state index contributed by atoms with van der Waals surface area (Å²) in [6.45, 7) is 7.73. The maximum atomic E-state index is 4.68. The van der Waals surface area contributed by atoms with Gasteiger partial charge in [-0.3, -0.25) is 0 Å². The van der Waals surface area contributed by atoms with Crippen molar-refractivity contribution < 1.29 is 0 Å². The van der Waals surface area contributed by atoms with Crippen LogP contribution in [0.25, 0.3) is 0 Å². The molecule has 0 amide bonds. The number of nitrogens with one attached hydrogen (secondary N) is 1. The fourth-order valence-electron chi connectivity index (χ4n) is 2.88. The van der Waals surface area contributed by atoms with Gasteiger partial charge in [0, 0.05) is 26.2 Å². The summed E-state index contributed by atoms with van der Waals surface area (Å²) in [4.78, 5) is 9.50. The molecule has 1 aromatic rings. The molecule has 0 saturated carbocycles. The van der Waals surface area contributed by atoms with Gasteiger partial charge in [0.1, 0.15) is 5.82 Å². The molecule has 2 heterocycles. The minimum atomic E-state index is 0.811. The van der Waals surface area contributed by atoms with E-state index in [4.69, 9.17) is 0 Å². The standard InChI is InChI=1S/C16H28N4/c1-4-9-17-16-7-5-6-15(18-16)13-20(3)12-14-8-10-19(2)11-14/h5-7,14H,4,8-13H2,1-3H3,(H,17,18). The van der Waals surface area contributed by atoms with E-state index in [1.54, 1.807) is 0 Å². The van der Waals surface area contributed by atoms with Crippen molar-refractivity contribution in [1.82, 2.24) is 14.8 Å². The van der Waals surface area contributed by atoms with Crippen molar-refractivity contribution in [1.29, 1.82) is 0 Å². The highest BCUT2D eigenvalue weighted by molar-refractivity contribution is 5.35. The third-order valence-electron chi connectivity index (χ3n) is 3.85. The van der Waals surface area contributed by atoms with Crippen LogP contribution in [0.3, 0.4) is 0 Å². The Morgan fingerprint density at radius 2 is 2.30 bits per heavy atom. The summed E-state index contributed by atoms with van der Waals surface area (Å²) in [5.41, 5.74) is 1.15. The molecule has 1 aliphatic heterocycles. The largest absolute Gasteiger partial charge is 0.370 e. The Kier molecular flexibility index (Phi) is 5.80. The molecule has 1 atom stereocenters. The number of pyridine rings is 1. The molecular formula is C16H28N4. The summed E-state index contributed by atoms with van der Waals surface area (Å²) in [6.07, 6.45) is 2.45. The van der Waals surface area contributed by atoms with E-state index in [2.05, 4.69) is 53.3 Å². The lowest BCUT2D eigenvalue weighted by molar-refractivity contribution is 0.265. The molecule has 4 nitrogen and oxygen atoms in total. The smallest absolute Gasteiger partial charge is 0.126 e. The van der Waals surface area contributed by atoms with Crippen LogP contribution in [0, 0.1) is 5.92 Å². The van der Waals surface area contributed by atoms with Gasteiger partial charge in [-0.05, 0) is 51.5 Å². The predicted molar refractivity (Wildman–Crippen MR) is 85.0 cm³/mol. The molecule has 112 valence electrons. The van der Waals surface area contributed by atoms with E-state index in [0.717, 1.165) is 36.9 Å². The number of hydrogen-bond donors (Lipinski definition) is 1. The molecule has 0 aliphatic carbocycles. The Morgan fingerprint density at radius 3 is 3.00 bits per heavy atom. The summed E-state index contributed by atoms with van der Waals surface area (Å²) >= 11 is 0. The van der Waals surface area contributed by atoms with Crippen LogP contribution < -0.4 is 5.32 Å². The summed E-state index contributed by atoms with van der Waals surface area (Å²) < 4.78 is 0. The van der Waals surface area contributed by atoms with E-state index < -0.39 is 0 Å². The molecule has 1 aromatic heterocycles. The summed E-state index contributed by atoms with van der Waals surface area (Å²) in [6, 6.07) is 6.26. The Hall–Kier alpha value is -1.13. The number of aromatic nitrogens is 1. The van der Waals surface area contributed by atoms with E-state index in [9.17, 15) is 0 Å². The second-order valence-corrected chi connectivity index (χ2v) is 6.05. The Balaban J connectivity index is 1.82. The van der Waals surface area contributed by atoms with Crippen LogP contribution in [0.2, 0.25) is 0 Å². The zero-order valence-corrected chi connectivity index (χ0v) is 13.1. The van der Waals surface area contributed by atoms with Gasteiger partial charge in [-0.25, -0.2) is 4.98 Å². The van der Waals surface area contributed by atoms with Crippen molar-refractivity contribution in [2.45, 2.75) is 26.3 Å². The molecule has 2 rings (SSSR count). The van der Waals surface area contributed by atoms with Gasteiger partial charge >= 0.3 is 0 Å². The Labute approximate surface area is 123 Å². The molecule has 0 aromatic carbocycles.